The molecule has 0 radical (unpaired) electrons. The average molecular weight is 448 g/mol. The van der Waals surface area contributed by atoms with Crippen LogP contribution in [0.5, 0.6) is 0 Å². The molecule has 1 N–H and O–H groups in total. The quantitative estimate of drug-likeness (QED) is 0.616. The first kappa shape index (κ1) is 23.9. The molecule has 31 heavy (non-hydrogen) atoms. The molecule has 0 fully saturated rings. The summed E-state index contributed by atoms with van der Waals surface area (Å²) < 4.78 is 37.2. The molecule has 0 atom stereocenters. The Morgan fingerprint density at radius 3 is 2.23 bits per heavy atom. The van der Waals surface area contributed by atoms with E-state index in [0.29, 0.717) is 11.3 Å². The number of hydrogen-bond acceptors (Lipinski definition) is 7. The van der Waals surface area contributed by atoms with Crippen LogP contribution in [0.1, 0.15) is 29.8 Å². The monoisotopic (exact) mass is 448 g/mol. The Morgan fingerprint density at radius 2 is 1.71 bits per heavy atom. The number of esters is 2. The van der Waals surface area contributed by atoms with Crippen molar-refractivity contribution in [2.24, 2.45) is 0 Å². The maximum atomic E-state index is 13.3. The smallest absolute Gasteiger partial charge is 0.338 e. The molecule has 2 aromatic carbocycles. The molecule has 2 aromatic rings. The highest BCUT2D eigenvalue weighted by Gasteiger charge is 2.29. The van der Waals surface area contributed by atoms with Crippen LogP contribution in [0.3, 0.4) is 0 Å². The predicted octanol–water partition coefficient (Wildman–Crippen LogP) is 2.50. The molecular formula is C21H24N2O7S. The van der Waals surface area contributed by atoms with E-state index in [-0.39, 0.29) is 28.7 Å². The lowest BCUT2D eigenvalue weighted by atomic mass is 10.1. The highest BCUT2D eigenvalue weighted by Crippen LogP contribution is 2.28. The number of sulfonamides is 1. The summed E-state index contributed by atoms with van der Waals surface area (Å²) in [6, 6.07) is 9.91. The fourth-order valence-corrected chi connectivity index (χ4v) is 4.27. The number of carbonyl (C=O) groups is 3. The third-order valence-corrected chi connectivity index (χ3v) is 6.01. The molecule has 0 aliphatic heterocycles. The van der Waals surface area contributed by atoms with Crippen molar-refractivity contribution in [1.82, 2.24) is 0 Å². The minimum absolute atomic E-state index is 0.0839. The molecule has 0 heterocycles. The van der Waals surface area contributed by atoms with Crippen molar-refractivity contribution in [3.63, 3.8) is 0 Å². The molecule has 1 amide bonds. The summed E-state index contributed by atoms with van der Waals surface area (Å²) in [5.74, 6) is -1.58. The Morgan fingerprint density at radius 1 is 1.06 bits per heavy atom. The minimum Gasteiger partial charge on any atom is -0.468 e. The second-order valence-electron chi connectivity index (χ2n) is 6.52. The first-order chi connectivity index (χ1) is 14.6. The Hall–Kier alpha value is -3.40. The predicted molar refractivity (Wildman–Crippen MR) is 114 cm³/mol. The van der Waals surface area contributed by atoms with Crippen molar-refractivity contribution in [3.8, 4) is 0 Å². The van der Waals surface area contributed by atoms with Crippen molar-refractivity contribution < 1.29 is 32.3 Å². The number of rotatable bonds is 8. The molecular weight excluding hydrogens is 424 g/mol. The summed E-state index contributed by atoms with van der Waals surface area (Å²) >= 11 is 0. The summed E-state index contributed by atoms with van der Waals surface area (Å²) in [5, 5.41) is 2.56. The Labute approximate surface area is 181 Å². The summed E-state index contributed by atoms with van der Waals surface area (Å²) in [7, 11) is -3.01. The SMILES string of the molecule is CCOC(=O)c1ccc(N(CC(=O)OC)S(=O)(=O)c2ccc(NC(C)=O)cc2)c(C)c1. The number of ether oxygens (including phenoxy) is 2. The van der Waals surface area contributed by atoms with E-state index in [1.807, 2.05) is 0 Å². The van der Waals surface area contributed by atoms with E-state index < -0.39 is 28.5 Å². The number of carbonyl (C=O) groups excluding carboxylic acids is 3. The summed E-state index contributed by atoms with van der Waals surface area (Å²) in [6.07, 6.45) is 0. The molecule has 2 rings (SSSR count). The van der Waals surface area contributed by atoms with Crippen LogP contribution in [0.15, 0.2) is 47.4 Å². The van der Waals surface area contributed by atoms with E-state index in [0.717, 1.165) is 11.4 Å². The number of benzene rings is 2. The van der Waals surface area contributed by atoms with Crippen molar-refractivity contribution in [1.29, 1.82) is 0 Å². The zero-order valence-electron chi connectivity index (χ0n) is 17.7. The Kier molecular flexibility index (Phi) is 7.76. The van der Waals surface area contributed by atoms with Crippen molar-refractivity contribution in [2.75, 3.05) is 29.9 Å². The summed E-state index contributed by atoms with van der Waals surface area (Å²) in [4.78, 5) is 35.0. The van der Waals surface area contributed by atoms with Crippen LogP contribution in [0.25, 0.3) is 0 Å². The zero-order chi connectivity index (χ0) is 23.2. The van der Waals surface area contributed by atoms with Crippen LogP contribution in [0.2, 0.25) is 0 Å². The Bertz CT molecular complexity index is 1080. The minimum atomic E-state index is -4.17. The van der Waals surface area contributed by atoms with Gasteiger partial charge in [0.15, 0.2) is 0 Å². The van der Waals surface area contributed by atoms with Crippen LogP contribution < -0.4 is 9.62 Å². The largest absolute Gasteiger partial charge is 0.468 e. The van der Waals surface area contributed by atoms with Gasteiger partial charge in [0.1, 0.15) is 6.54 Å². The average Bonchev–Trinajstić information content (AvgIpc) is 2.72. The van der Waals surface area contributed by atoms with Crippen LogP contribution in [-0.4, -0.2) is 46.5 Å². The molecule has 0 spiro atoms. The van der Waals surface area contributed by atoms with Crippen LogP contribution >= 0.6 is 0 Å². The molecule has 10 heteroatoms. The fourth-order valence-electron chi connectivity index (χ4n) is 2.80. The second-order valence-corrected chi connectivity index (χ2v) is 8.38. The topological polar surface area (TPSA) is 119 Å². The fraction of sp³-hybridized carbons (Fsp3) is 0.286. The molecule has 0 aliphatic rings. The van der Waals surface area contributed by atoms with E-state index in [2.05, 4.69) is 10.1 Å². The van der Waals surface area contributed by atoms with Gasteiger partial charge in [-0.1, -0.05) is 0 Å². The van der Waals surface area contributed by atoms with Gasteiger partial charge in [-0.05, 0) is 61.9 Å². The van der Waals surface area contributed by atoms with E-state index in [9.17, 15) is 22.8 Å². The highest BCUT2D eigenvalue weighted by atomic mass is 32.2. The maximum Gasteiger partial charge on any atom is 0.338 e. The number of hydrogen-bond donors (Lipinski definition) is 1. The van der Waals surface area contributed by atoms with Gasteiger partial charge in [-0.3, -0.25) is 13.9 Å². The van der Waals surface area contributed by atoms with Gasteiger partial charge >= 0.3 is 11.9 Å². The van der Waals surface area contributed by atoms with Gasteiger partial charge in [0.25, 0.3) is 10.0 Å². The number of anilines is 2. The van der Waals surface area contributed by atoms with Gasteiger partial charge in [0, 0.05) is 12.6 Å². The molecule has 0 aliphatic carbocycles. The molecule has 9 nitrogen and oxygen atoms in total. The van der Waals surface area contributed by atoms with Gasteiger partial charge in [-0.2, -0.15) is 0 Å². The number of methoxy groups -OCH3 is 1. The molecule has 0 aromatic heterocycles. The lowest BCUT2D eigenvalue weighted by molar-refractivity contribution is -0.138. The highest BCUT2D eigenvalue weighted by molar-refractivity contribution is 7.92. The van der Waals surface area contributed by atoms with Crippen LogP contribution in [-0.2, 0) is 29.1 Å². The normalized spacial score (nSPS) is 10.8. The van der Waals surface area contributed by atoms with Crippen LogP contribution in [0, 0.1) is 6.92 Å². The zero-order valence-corrected chi connectivity index (χ0v) is 18.5. The second kappa shape index (κ2) is 10.1. The number of aryl methyl sites for hydroxylation is 1. The van der Waals surface area contributed by atoms with Gasteiger partial charge in [0.2, 0.25) is 5.91 Å². The number of nitrogens with one attached hydrogen (secondary N) is 1. The standard InChI is InChI=1S/C21H24N2O7S/c1-5-30-21(26)16-6-11-19(14(2)12-16)23(13-20(25)29-4)31(27,28)18-9-7-17(8-10-18)22-15(3)24/h6-12H,5,13H2,1-4H3,(H,22,24). The van der Waals surface area contributed by atoms with E-state index in [4.69, 9.17) is 4.74 Å². The first-order valence-corrected chi connectivity index (χ1v) is 10.8. The third-order valence-electron chi connectivity index (χ3n) is 4.24. The third kappa shape index (κ3) is 5.82. The molecule has 0 saturated carbocycles. The summed E-state index contributed by atoms with van der Waals surface area (Å²) in [5.41, 5.74) is 1.36. The van der Waals surface area contributed by atoms with Gasteiger partial charge < -0.3 is 14.8 Å². The van der Waals surface area contributed by atoms with Gasteiger partial charge in [-0.15, -0.1) is 0 Å². The van der Waals surface area contributed by atoms with E-state index in [1.165, 1.54) is 49.4 Å². The van der Waals surface area contributed by atoms with E-state index in [1.54, 1.807) is 13.8 Å². The van der Waals surface area contributed by atoms with Crippen molar-refractivity contribution in [2.45, 2.75) is 25.7 Å². The molecule has 166 valence electrons. The van der Waals surface area contributed by atoms with E-state index >= 15 is 0 Å². The lowest BCUT2D eigenvalue weighted by Crippen LogP contribution is -2.36. The first-order valence-electron chi connectivity index (χ1n) is 9.35. The molecule has 0 bridgehead atoms. The summed E-state index contributed by atoms with van der Waals surface area (Å²) in [6.45, 7) is 4.28. The Balaban J connectivity index is 2.49. The van der Waals surface area contributed by atoms with Gasteiger partial charge in [-0.25, -0.2) is 13.2 Å². The maximum absolute atomic E-state index is 13.3. The van der Waals surface area contributed by atoms with Crippen LogP contribution in [0.4, 0.5) is 11.4 Å². The number of nitrogens with zero attached hydrogens (tertiary/aromatic N) is 1. The molecule has 0 saturated heterocycles. The van der Waals surface area contributed by atoms with Crippen molar-refractivity contribution in [3.05, 3.63) is 53.6 Å². The lowest BCUT2D eigenvalue weighted by Gasteiger charge is -2.25. The van der Waals surface area contributed by atoms with Gasteiger partial charge in [0.05, 0.1) is 29.9 Å². The molecule has 0 unspecified atom stereocenters. The number of amides is 1. The van der Waals surface area contributed by atoms with Crippen molar-refractivity contribution >= 4 is 39.2 Å².